The molecule has 1 aromatic rings. The number of fused-ring (bicyclic) bond motifs is 1. The molecule has 19 heavy (non-hydrogen) atoms. The maximum absolute atomic E-state index is 6.49. The zero-order chi connectivity index (χ0) is 13.5. The van der Waals surface area contributed by atoms with Crippen LogP contribution in [0.3, 0.4) is 0 Å². The van der Waals surface area contributed by atoms with Crippen molar-refractivity contribution in [3.8, 4) is 5.75 Å². The zero-order valence-electron chi connectivity index (χ0n) is 11.5. The Morgan fingerprint density at radius 3 is 2.84 bits per heavy atom. The van der Waals surface area contributed by atoms with E-state index in [9.17, 15) is 0 Å². The van der Waals surface area contributed by atoms with Gasteiger partial charge in [0.05, 0.1) is 6.61 Å². The summed E-state index contributed by atoms with van der Waals surface area (Å²) in [6.07, 6.45) is 6.97. The van der Waals surface area contributed by atoms with Crippen molar-refractivity contribution in [1.29, 1.82) is 0 Å². The topological polar surface area (TPSA) is 35.2 Å². The molecule has 0 saturated heterocycles. The van der Waals surface area contributed by atoms with Crippen LogP contribution < -0.4 is 10.5 Å². The minimum atomic E-state index is 0.196. The average Bonchev–Trinajstić information content (AvgIpc) is 2.98. The molecule has 2 N–H and O–H groups in total. The largest absolute Gasteiger partial charge is 0.493 e. The van der Waals surface area contributed by atoms with Crippen molar-refractivity contribution in [3.05, 3.63) is 28.3 Å². The second-order valence-corrected chi connectivity index (χ2v) is 6.76. The Bertz CT molecular complexity index is 480. The molecule has 2 nitrogen and oxygen atoms in total. The van der Waals surface area contributed by atoms with Crippen molar-refractivity contribution in [2.24, 2.45) is 11.1 Å². The van der Waals surface area contributed by atoms with Crippen LogP contribution in [-0.4, -0.2) is 12.6 Å². The van der Waals surface area contributed by atoms with Gasteiger partial charge in [-0.25, -0.2) is 0 Å². The number of hydrogen-bond acceptors (Lipinski definition) is 2. The molecule has 0 radical (unpaired) electrons. The fraction of sp³-hybridized carbons (Fsp3) is 0.625. The van der Waals surface area contributed by atoms with Gasteiger partial charge >= 0.3 is 0 Å². The van der Waals surface area contributed by atoms with E-state index >= 15 is 0 Å². The summed E-state index contributed by atoms with van der Waals surface area (Å²) in [5.41, 5.74) is 9.21. The Balaban J connectivity index is 1.83. The molecular weight excluding hydrogens is 258 g/mol. The van der Waals surface area contributed by atoms with Gasteiger partial charge in [0, 0.05) is 17.5 Å². The van der Waals surface area contributed by atoms with Crippen LogP contribution in [0.2, 0.25) is 5.02 Å². The lowest BCUT2D eigenvalue weighted by Crippen LogP contribution is -2.39. The maximum atomic E-state index is 6.49. The average molecular weight is 280 g/mol. The van der Waals surface area contributed by atoms with Crippen LogP contribution in [0.25, 0.3) is 0 Å². The normalized spacial score (nSPS) is 22.1. The van der Waals surface area contributed by atoms with Crippen molar-refractivity contribution in [3.63, 3.8) is 0 Å². The van der Waals surface area contributed by atoms with E-state index < -0.39 is 0 Å². The summed E-state index contributed by atoms with van der Waals surface area (Å²) in [5, 5.41) is 0.808. The highest BCUT2D eigenvalue weighted by molar-refractivity contribution is 6.30. The van der Waals surface area contributed by atoms with Crippen molar-refractivity contribution in [2.45, 2.75) is 51.5 Å². The molecule has 0 amide bonds. The van der Waals surface area contributed by atoms with E-state index in [4.69, 9.17) is 22.1 Å². The lowest BCUT2D eigenvalue weighted by molar-refractivity contribution is 0.258. The van der Waals surface area contributed by atoms with Crippen molar-refractivity contribution >= 4 is 11.6 Å². The number of benzene rings is 1. The molecule has 1 heterocycles. The molecule has 1 saturated carbocycles. The standard InChI is InChI=1S/C16H22ClNO/c1-16(5-2-3-6-16)14(18)10-12-9-13(17)8-11-4-7-19-15(11)12/h8-9,14H,2-7,10,18H2,1H3. The van der Waals surface area contributed by atoms with Crippen molar-refractivity contribution < 1.29 is 4.74 Å². The van der Waals surface area contributed by atoms with Crippen LogP contribution in [-0.2, 0) is 12.8 Å². The zero-order valence-corrected chi connectivity index (χ0v) is 12.3. The third kappa shape index (κ3) is 2.48. The van der Waals surface area contributed by atoms with Gasteiger partial charge < -0.3 is 10.5 Å². The second kappa shape index (κ2) is 4.99. The quantitative estimate of drug-likeness (QED) is 0.915. The molecule has 0 bridgehead atoms. The summed E-state index contributed by atoms with van der Waals surface area (Å²) in [6, 6.07) is 4.25. The lowest BCUT2D eigenvalue weighted by Gasteiger charge is -2.31. The first-order valence-electron chi connectivity index (χ1n) is 7.28. The lowest BCUT2D eigenvalue weighted by atomic mass is 9.78. The van der Waals surface area contributed by atoms with Crippen LogP contribution in [0.5, 0.6) is 5.75 Å². The smallest absolute Gasteiger partial charge is 0.125 e. The Labute approximate surface area is 120 Å². The molecule has 3 heteroatoms. The Morgan fingerprint density at radius 2 is 2.11 bits per heavy atom. The predicted octanol–water partition coefficient (Wildman–Crippen LogP) is 3.73. The van der Waals surface area contributed by atoms with Gasteiger partial charge in [-0.3, -0.25) is 0 Å². The summed E-state index contributed by atoms with van der Waals surface area (Å²) >= 11 is 6.21. The first kappa shape index (κ1) is 13.3. The van der Waals surface area contributed by atoms with Crippen LogP contribution >= 0.6 is 11.6 Å². The summed E-state index contributed by atoms with van der Waals surface area (Å²) in [6.45, 7) is 3.10. The molecule has 3 rings (SSSR count). The summed E-state index contributed by atoms with van der Waals surface area (Å²) in [5.74, 6) is 1.04. The first-order valence-corrected chi connectivity index (χ1v) is 7.66. The van der Waals surface area contributed by atoms with Gasteiger partial charge in [-0.2, -0.15) is 0 Å². The van der Waals surface area contributed by atoms with Crippen LogP contribution in [0.4, 0.5) is 0 Å². The van der Waals surface area contributed by atoms with Gasteiger partial charge in [0.1, 0.15) is 5.75 Å². The number of ether oxygens (including phenoxy) is 1. The van der Waals surface area contributed by atoms with Gasteiger partial charge in [-0.05, 0) is 47.9 Å². The molecule has 1 unspecified atom stereocenters. The highest BCUT2D eigenvalue weighted by Gasteiger charge is 2.35. The van der Waals surface area contributed by atoms with Crippen LogP contribution in [0.1, 0.15) is 43.7 Å². The molecule has 1 atom stereocenters. The van der Waals surface area contributed by atoms with Gasteiger partial charge in [-0.1, -0.05) is 31.4 Å². The minimum Gasteiger partial charge on any atom is -0.493 e. The van der Waals surface area contributed by atoms with E-state index in [0.717, 1.165) is 30.2 Å². The summed E-state index contributed by atoms with van der Waals surface area (Å²) in [7, 11) is 0. The molecule has 2 aliphatic rings. The molecule has 1 fully saturated rings. The fourth-order valence-electron chi connectivity index (χ4n) is 3.53. The van der Waals surface area contributed by atoms with E-state index in [1.807, 2.05) is 12.1 Å². The maximum Gasteiger partial charge on any atom is 0.125 e. The monoisotopic (exact) mass is 279 g/mol. The van der Waals surface area contributed by atoms with Gasteiger partial charge in [-0.15, -0.1) is 0 Å². The SMILES string of the molecule is CC1(C(N)Cc2cc(Cl)cc3c2OCC3)CCCC1. The first-order chi connectivity index (χ1) is 9.08. The van der Waals surface area contributed by atoms with E-state index in [0.29, 0.717) is 0 Å². The Kier molecular flexibility index (Phi) is 3.48. The predicted molar refractivity (Wildman–Crippen MR) is 78.9 cm³/mol. The Morgan fingerprint density at radius 1 is 1.37 bits per heavy atom. The third-order valence-electron chi connectivity index (χ3n) is 4.91. The third-order valence-corrected chi connectivity index (χ3v) is 5.12. The van der Waals surface area contributed by atoms with Crippen molar-refractivity contribution in [1.82, 2.24) is 0 Å². The molecule has 1 aromatic carbocycles. The number of hydrogen-bond donors (Lipinski definition) is 1. The minimum absolute atomic E-state index is 0.196. The van der Waals surface area contributed by atoms with E-state index in [2.05, 4.69) is 6.92 Å². The number of rotatable bonds is 3. The fourth-order valence-corrected chi connectivity index (χ4v) is 3.80. The van der Waals surface area contributed by atoms with E-state index in [1.165, 1.54) is 36.8 Å². The molecular formula is C16H22ClNO. The molecule has 1 aliphatic heterocycles. The second-order valence-electron chi connectivity index (χ2n) is 6.32. The van der Waals surface area contributed by atoms with Gasteiger partial charge in [0.2, 0.25) is 0 Å². The number of nitrogens with two attached hydrogens (primary N) is 1. The summed E-state index contributed by atoms with van der Waals surface area (Å²) in [4.78, 5) is 0. The number of halogens is 1. The highest BCUT2D eigenvalue weighted by atomic mass is 35.5. The van der Waals surface area contributed by atoms with Crippen molar-refractivity contribution in [2.75, 3.05) is 6.61 Å². The molecule has 0 aromatic heterocycles. The molecule has 104 valence electrons. The molecule has 0 spiro atoms. The van der Waals surface area contributed by atoms with Gasteiger partial charge in [0.25, 0.3) is 0 Å². The van der Waals surface area contributed by atoms with E-state index in [-0.39, 0.29) is 11.5 Å². The Hall–Kier alpha value is -0.730. The molecule has 1 aliphatic carbocycles. The van der Waals surface area contributed by atoms with Crippen LogP contribution in [0.15, 0.2) is 12.1 Å². The van der Waals surface area contributed by atoms with Gasteiger partial charge in [0.15, 0.2) is 0 Å². The van der Waals surface area contributed by atoms with E-state index in [1.54, 1.807) is 0 Å². The summed E-state index contributed by atoms with van der Waals surface area (Å²) < 4.78 is 5.77. The van der Waals surface area contributed by atoms with Crippen LogP contribution in [0, 0.1) is 5.41 Å². The highest BCUT2D eigenvalue weighted by Crippen LogP contribution is 2.42.